The predicted molar refractivity (Wildman–Crippen MR) is 99.2 cm³/mol. The molecule has 0 saturated carbocycles. The molecule has 0 aliphatic carbocycles. The Hall–Kier alpha value is -2.30. The number of nitrogens with zero attached hydrogens (tertiary/aromatic N) is 2. The second-order valence-electron chi connectivity index (χ2n) is 5.70. The number of anilines is 1. The molecule has 0 spiro atoms. The molecule has 5 nitrogen and oxygen atoms in total. The van der Waals surface area contributed by atoms with Crippen molar-refractivity contribution in [1.29, 1.82) is 0 Å². The van der Waals surface area contributed by atoms with Gasteiger partial charge >= 0.3 is 0 Å². The van der Waals surface area contributed by atoms with Gasteiger partial charge < -0.3 is 15.0 Å². The van der Waals surface area contributed by atoms with Gasteiger partial charge in [0.05, 0.1) is 17.8 Å². The number of unbranched alkanes of at least 4 members (excludes halogenated alkanes) is 1. The Bertz CT molecular complexity index is 621. The maximum atomic E-state index is 12.8. The Labute approximate surface area is 144 Å². The molecule has 1 aromatic carbocycles. The summed E-state index contributed by atoms with van der Waals surface area (Å²) in [5.74, 6) is 0.706. The van der Waals surface area contributed by atoms with Crippen molar-refractivity contribution >= 4 is 17.8 Å². The molecular formula is C19H27N3O2. The van der Waals surface area contributed by atoms with Gasteiger partial charge in [-0.2, -0.15) is 0 Å². The summed E-state index contributed by atoms with van der Waals surface area (Å²) in [6, 6.07) is 5.66. The number of nitrogens with one attached hydrogen (secondary N) is 1. The van der Waals surface area contributed by atoms with Gasteiger partial charge in [-0.3, -0.25) is 9.79 Å². The Morgan fingerprint density at radius 3 is 2.96 bits per heavy atom. The van der Waals surface area contributed by atoms with Crippen molar-refractivity contribution in [2.24, 2.45) is 4.99 Å². The summed E-state index contributed by atoms with van der Waals surface area (Å²) < 4.78 is 5.75. The SMILES string of the molecule is C/C=C(\C=N/CC)Nc1ccc2c(c1)C(=O)N(CCCC)CCO2. The molecule has 0 radical (unpaired) electrons. The number of hydrogen-bond acceptors (Lipinski definition) is 4. The molecule has 5 heteroatoms. The van der Waals surface area contributed by atoms with E-state index in [-0.39, 0.29) is 5.91 Å². The third-order valence-corrected chi connectivity index (χ3v) is 3.91. The maximum absolute atomic E-state index is 12.8. The summed E-state index contributed by atoms with van der Waals surface area (Å²) in [7, 11) is 0. The van der Waals surface area contributed by atoms with Crippen LogP contribution in [0.15, 0.2) is 35.0 Å². The molecule has 24 heavy (non-hydrogen) atoms. The van der Waals surface area contributed by atoms with Gasteiger partial charge in [0, 0.05) is 25.0 Å². The van der Waals surface area contributed by atoms with Gasteiger partial charge in [0.25, 0.3) is 5.91 Å². The Morgan fingerprint density at radius 1 is 1.42 bits per heavy atom. The Balaban J connectivity index is 2.21. The molecule has 1 N–H and O–H groups in total. The van der Waals surface area contributed by atoms with Crippen LogP contribution in [0, 0.1) is 0 Å². The van der Waals surface area contributed by atoms with Crippen LogP contribution in [-0.2, 0) is 0 Å². The summed E-state index contributed by atoms with van der Waals surface area (Å²) >= 11 is 0. The number of ether oxygens (including phenoxy) is 1. The second-order valence-corrected chi connectivity index (χ2v) is 5.70. The highest BCUT2D eigenvalue weighted by molar-refractivity contribution is 5.98. The van der Waals surface area contributed by atoms with E-state index >= 15 is 0 Å². The normalized spacial score (nSPS) is 15.2. The van der Waals surface area contributed by atoms with E-state index in [0.29, 0.717) is 24.5 Å². The van der Waals surface area contributed by atoms with Gasteiger partial charge in [-0.15, -0.1) is 0 Å². The molecular weight excluding hydrogens is 302 g/mol. The average Bonchev–Trinajstić information content (AvgIpc) is 2.76. The van der Waals surface area contributed by atoms with Crippen LogP contribution in [0.1, 0.15) is 44.0 Å². The quantitative estimate of drug-likeness (QED) is 0.776. The van der Waals surface area contributed by atoms with Gasteiger partial charge in [0.2, 0.25) is 0 Å². The molecule has 130 valence electrons. The van der Waals surface area contributed by atoms with Crippen molar-refractivity contribution in [3.63, 3.8) is 0 Å². The van der Waals surface area contributed by atoms with Crippen LogP contribution in [0.5, 0.6) is 5.75 Å². The van der Waals surface area contributed by atoms with E-state index in [1.165, 1.54) is 0 Å². The summed E-state index contributed by atoms with van der Waals surface area (Å²) in [5, 5.41) is 3.30. The lowest BCUT2D eigenvalue weighted by molar-refractivity contribution is 0.0753. The summed E-state index contributed by atoms with van der Waals surface area (Å²) in [4.78, 5) is 18.9. The summed E-state index contributed by atoms with van der Waals surface area (Å²) in [6.07, 6.45) is 5.84. The Morgan fingerprint density at radius 2 is 2.25 bits per heavy atom. The lowest BCUT2D eigenvalue weighted by Crippen LogP contribution is -2.33. The molecule has 1 aliphatic heterocycles. The first-order valence-electron chi connectivity index (χ1n) is 8.68. The van der Waals surface area contributed by atoms with Gasteiger partial charge in [-0.1, -0.05) is 19.4 Å². The minimum atomic E-state index is 0.0452. The molecule has 0 unspecified atom stereocenters. The number of aliphatic imine (C=N–C) groups is 1. The lowest BCUT2D eigenvalue weighted by atomic mass is 10.1. The van der Waals surface area contributed by atoms with Gasteiger partial charge in [-0.05, 0) is 38.5 Å². The number of carbonyl (C=O) groups excluding carboxylic acids is 1. The Kier molecular flexibility index (Phi) is 6.85. The van der Waals surface area contributed by atoms with E-state index in [0.717, 1.165) is 37.3 Å². The molecule has 1 aliphatic rings. The number of hydrogen-bond donors (Lipinski definition) is 1. The molecule has 0 bridgehead atoms. The lowest BCUT2D eigenvalue weighted by Gasteiger charge is -2.19. The summed E-state index contributed by atoms with van der Waals surface area (Å²) in [5.41, 5.74) is 2.39. The highest BCUT2D eigenvalue weighted by Gasteiger charge is 2.23. The highest BCUT2D eigenvalue weighted by Crippen LogP contribution is 2.27. The fraction of sp³-hybridized carbons (Fsp3) is 0.474. The van der Waals surface area contributed by atoms with Crippen molar-refractivity contribution in [3.05, 3.63) is 35.5 Å². The largest absolute Gasteiger partial charge is 0.491 e. The third kappa shape index (κ3) is 4.60. The van der Waals surface area contributed by atoms with E-state index in [4.69, 9.17) is 4.74 Å². The fourth-order valence-corrected chi connectivity index (χ4v) is 2.54. The minimum absolute atomic E-state index is 0.0452. The van der Waals surface area contributed by atoms with Crippen molar-refractivity contribution < 1.29 is 9.53 Å². The molecule has 0 saturated heterocycles. The number of rotatable bonds is 7. The third-order valence-electron chi connectivity index (χ3n) is 3.91. The van der Waals surface area contributed by atoms with Gasteiger partial charge in [0.1, 0.15) is 12.4 Å². The smallest absolute Gasteiger partial charge is 0.257 e. The molecule has 0 atom stereocenters. The molecule has 0 fully saturated rings. The van der Waals surface area contributed by atoms with Crippen molar-refractivity contribution in [2.45, 2.75) is 33.6 Å². The van der Waals surface area contributed by atoms with E-state index in [9.17, 15) is 4.79 Å². The first kappa shape index (κ1) is 18.0. The van der Waals surface area contributed by atoms with E-state index in [2.05, 4.69) is 17.2 Å². The topological polar surface area (TPSA) is 53.9 Å². The molecule has 1 aromatic rings. The van der Waals surface area contributed by atoms with Crippen LogP contribution in [-0.4, -0.2) is 43.3 Å². The number of fused-ring (bicyclic) bond motifs is 1. The maximum Gasteiger partial charge on any atom is 0.257 e. The zero-order valence-electron chi connectivity index (χ0n) is 14.8. The number of benzene rings is 1. The molecule has 1 amide bonds. The average molecular weight is 329 g/mol. The fourth-order valence-electron chi connectivity index (χ4n) is 2.54. The highest BCUT2D eigenvalue weighted by atomic mass is 16.5. The standard InChI is InChI=1S/C19H27N3O2/c1-4-7-10-22-11-12-24-18-9-8-16(13-17(18)19(22)23)21-15(5-2)14-20-6-3/h5,8-9,13-14,21H,4,6-7,10-12H2,1-3H3/b15-5+,20-14-. The van der Waals surface area contributed by atoms with Gasteiger partial charge in [0.15, 0.2) is 0 Å². The molecule has 1 heterocycles. The monoisotopic (exact) mass is 329 g/mol. The molecule has 0 aromatic heterocycles. The van der Waals surface area contributed by atoms with Crippen molar-refractivity contribution in [3.8, 4) is 5.75 Å². The van der Waals surface area contributed by atoms with Crippen LogP contribution >= 0.6 is 0 Å². The van der Waals surface area contributed by atoms with Crippen LogP contribution in [0.25, 0.3) is 0 Å². The van der Waals surface area contributed by atoms with Gasteiger partial charge in [-0.25, -0.2) is 0 Å². The van der Waals surface area contributed by atoms with Crippen molar-refractivity contribution in [2.75, 3.05) is 31.6 Å². The first-order valence-corrected chi connectivity index (χ1v) is 8.68. The van der Waals surface area contributed by atoms with E-state index in [1.807, 2.05) is 43.0 Å². The second kappa shape index (κ2) is 9.11. The van der Waals surface area contributed by atoms with E-state index < -0.39 is 0 Å². The predicted octanol–water partition coefficient (Wildman–Crippen LogP) is 3.73. The minimum Gasteiger partial charge on any atom is -0.491 e. The zero-order chi connectivity index (χ0) is 17.4. The van der Waals surface area contributed by atoms with E-state index in [1.54, 1.807) is 6.21 Å². The number of allylic oxidation sites excluding steroid dienone is 2. The molecule has 2 rings (SSSR count). The number of amides is 1. The first-order chi connectivity index (χ1) is 11.7. The van der Waals surface area contributed by atoms with Crippen LogP contribution in [0.2, 0.25) is 0 Å². The van der Waals surface area contributed by atoms with Crippen LogP contribution in [0.3, 0.4) is 0 Å². The summed E-state index contributed by atoms with van der Waals surface area (Å²) in [6.45, 7) is 8.77. The van der Waals surface area contributed by atoms with Crippen LogP contribution < -0.4 is 10.1 Å². The zero-order valence-corrected chi connectivity index (χ0v) is 14.8. The van der Waals surface area contributed by atoms with Crippen molar-refractivity contribution in [1.82, 2.24) is 4.90 Å². The van der Waals surface area contributed by atoms with Crippen LogP contribution in [0.4, 0.5) is 5.69 Å². The number of carbonyl (C=O) groups is 1.